The van der Waals surface area contributed by atoms with Crippen molar-refractivity contribution in [2.45, 2.75) is 32.0 Å². The minimum atomic E-state index is -0.513. The quantitative estimate of drug-likeness (QED) is 0.780. The summed E-state index contributed by atoms with van der Waals surface area (Å²) in [6.45, 7) is 2.09. The molecule has 0 saturated carbocycles. The van der Waals surface area contributed by atoms with E-state index in [9.17, 15) is 5.11 Å². The second-order valence-corrected chi connectivity index (χ2v) is 3.42. The molecule has 0 bridgehead atoms. The van der Waals surface area contributed by atoms with E-state index in [2.05, 4.69) is 6.92 Å². The topological polar surface area (TPSA) is 29.5 Å². The maximum atomic E-state index is 9.99. The minimum absolute atomic E-state index is 0.0950. The molecule has 1 rings (SSSR count). The first-order valence-electron chi connectivity index (χ1n) is 5.05. The second kappa shape index (κ2) is 5.78. The van der Waals surface area contributed by atoms with Crippen LogP contribution in [-0.2, 0) is 4.74 Å². The molecule has 1 aromatic carbocycles. The van der Waals surface area contributed by atoms with Gasteiger partial charge in [-0.3, -0.25) is 0 Å². The largest absolute Gasteiger partial charge is 0.386 e. The van der Waals surface area contributed by atoms with Crippen LogP contribution in [0.3, 0.4) is 0 Å². The van der Waals surface area contributed by atoms with Crippen LogP contribution >= 0.6 is 0 Å². The molecular formula is C12H18O2. The van der Waals surface area contributed by atoms with Crippen molar-refractivity contribution >= 4 is 0 Å². The van der Waals surface area contributed by atoms with E-state index in [1.54, 1.807) is 7.11 Å². The molecule has 78 valence electrons. The van der Waals surface area contributed by atoms with Crippen LogP contribution in [0.25, 0.3) is 0 Å². The van der Waals surface area contributed by atoms with Crippen LogP contribution in [0.2, 0.25) is 0 Å². The molecule has 2 nitrogen and oxygen atoms in total. The predicted octanol–water partition coefficient (Wildman–Crippen LogP) is 2.54. The lowest BCUT2D eigenvalue weighted by atomic mass is 10.0. The van der Waals surface area contributed by atoms with E-state index < -0.39 is 6.10 Å². The van der Waals surface area contributed by atoms with E-state index >= 15 is 0 Å². The van der Waals surface area contributed by atoms with Crippen molar-refractivity contribution in [3.8, 4) is 0 Å². The summed E-state index contributed by atoms with van der Waals surface area (Å²) in [5, 5.41) is 9.99. The molecule has 0 spiro atoms. The van der Waals surface area contributed by atoms with Crippen LogP contribution in [-0.4, -0.2) is 18.3 Å². The highest BCUT2D eigenvalue weighted by atomic mass is 16.5. The van der Waals surface area contributed by atoms with Crippen LogP contribution < -0.4 is 0 Å². The van der Waals surface area contributed by atoms with Gasteiger partial charge in [0.1, 0.15) is 6.10 Å². The molecule has 0 aliphatic heterocycles. The fraction of sp³-hybridized carbons (Fsp3) is 0.500. The lowest BCUT2D eigenvalue weighted by molar-refractivity contribution is -0.0179. The molecule has 0 aliphatic rings. The number of aliphatic hydroxyl groups is 1. The summed E-state index contributed by atoms with van der Waals surface area (Å²) in [6, 6.07) is 9.64. The zero-order chi connectivity index (χ0) is 10.4. The van der Waals surface area contributed by atoms with Gasteiger partial charge in [0, 0.05) is 7.11 Å². The number of benzene rings is 1. The molecule has 1 aromatic rings. The summed E-state index contributed by atoms with van der Waals surface area (Å²) in [5.41, 5.74) is 0.924. The van der Waals surface area contributed by atoms with E-state index in [-0.39, 0.29) is 6.10 Å². The highest BCUT2D eigenvalue weighted by Gasteiger charge is 2.18. The van der Waals surface area contributed by atoms with Crippen molar-refractivity contribution in [3.05, 3.63) is 35.9 Å². The summed E-state index contributed by atoms with van der Waals surface area (Å²) >= 11 is 0. The maximum Gasteiger partial charge on any atom is 0.105 e. The van der Waals surface area contributed by atoms with Gasteiger partial charge in [0.2, 0.25) is 0 Å². The lowest BCUT2D eigenvalue weighted by Crippen LogP contribution is -2.20. The maximum absolute atomic E-state index is 9.99. The van der Waals surface area contributed by atoms with Crippen LogP contribution in [0.15, 0.2) is 30.3 Å². The fourth-order valence-electron chi connectivity index (χ4n) is 1.55. The Bertz CT molecular complexity index is 246. The highest BCUT2D eigenvalue weighted by Crippen LogP contribution is 2.21. The first kappa shape index (κ1) is 11.2. The van der Waals surface area contributed by atoms with E-state index in [1.165, 1.54) is 0 Å². The molecule has 1 N–H and O–H groups in total. The zero-order valence-corrected chi connectivity index (χ0v) is 8.81. The molecule has 0 aliphatic carbocycles. The molecular weight excluding hydrogens is 176 g/mol. The van der Waals surface area contributed by atoms with Crippen LogP contribution in [0.4, 0.5) is 0 Å². The van der Waals surface area contributed by atoms with E-state index in [0.717, 1.165) is 18.4 Å². The van der Waals surface area contributed by atoms with Crippen molar-refractivity contribution in [3.63, 3.8) is 0 Å². The van der Waals surface area contributed by atoms with Gasteiger partial charge in [-0.25, -0.2) is 0 Å². The summed E-state index contributed by atoms with van der Waals surface area (Å²) < 4.78 is 5.26. The van der Waals surface area contributed by atoms with Gasteiger partial charge in [0.15, 0.2) is 0 Å². The zero-order valence-electron chi connectivity index (χ0n) is 8.81. The molecule has 0 fully saturated rings. The summed E-state index contributed by atoms with van der Waals surface area (Å²) in [4.78, 5) is 0. The van der Waals surface area contributed by atoms with Crippen LogP contribution in [0.1, 0.15) is 31.4 Å². The molecule has 0 radical (unpaired) electrons. The van der Waals surface area contributed by atoms with E-state index in [0.29, 0.717) is 0 Å². The summed E-state index contributed by atoms with van der Waals surface area (Å²) in [6.07, 6.45) is 1.29. The minimum Gasteiger partial charge on any atom is -0.386 e. The van der Waals surface area contributed by atoms with Gasteiger partial charge in [-0.15, -0.1) is 0 Å². The summed E-state index contributed by atoms with van der Waals surface area (Å²) in [5.74, 6) is 0. The van der Waals surface area contributed by atoms with Gasteiger partial charge in [0.05, 0.1) is 6.10 Å². The number of aliphatic hydroxyl groups excluding tert-OH is 1. The lowest BCUT2D eigenvalue weighted by Gasteiger charge is -2.21. The van der Waals surface area contributed by atoms with E-state index in [4.69, 9.17) is 4.74 Å². The first-order valence-corrected chi connectivity index (χ1v) is 5.05. The van der Waals surface area contributed by atoms with Crippen LogP contribution in [0.5, 0.6) is 0 Å². The molecule has 2 heteroatoms. The van der Waals surface area contributed by atoms with Gasteiger partial charge < -0.3 is 9.84 Å². The molecule has 0 saturated heterocycles. The van der Waals surface area contributed by atoms with Gasteiger partial charge in [-0.1, -0.05) is 43.7 Å². The van der Waals surface area contributed by atoms with Crippen molar-refractivity contribution in [2.24, 2.45) is 0 Å². The molecule has 0 heterocycles. The average molecular weight is 194 g/mol. The normalized spacial score (nSPS) is 15.1. The number of hydrogen-bond acceptors (Lipinski definition) is 2. The monoisotopic (exact) mass is 194 g/mol. The number of rotatable bonds is 5. The smallest absolute Gasteiger partial charge is 0.105 e. The Labute approximate surface area is 85.5 Å². The van der Waals surface area contributed by atoms with Crippen molar-refractivity contribution in [1.29, 1.82) is 0 Å². The summed E-state index contributed by atoms with van der Waals surface area (Å²) in [7, 11) is 1.65. The SMILES string of the molecule is CCCC(OC)C(O)c1ccccc1. The number of hydrogen-bond donors (Lipinski definition) is 1. The highest BCUT2D eigenvalue weighted by molar-refractivity contribution is 5.18. The number of methoxy groups -OCH3 is 1. The van der Waals surface area contributed by atoms with Gasteiger partial charge >= 0.3 is 0 Å². The molecule has 2 unspecified atom stereocenters. The third kappa shape index (κ3) is 2.82. The van der Waals surface area contributed by atoms with Crippen LogP contribution in [0, 0.1) is 0 Å². The molecule has 14 heavy (non-hydrogen) atoms. The first-order chi connectivity index (χ1) is 6.79. The van der Waals surface area contributed by atoms with Gasteiger partial charge in [-0.05, 0) is 12.0 Å². The van der Waals surface area contributed by atoms with E-state index in [1.807, 2.05) is 30.3 Å². The Morgan fingerprint density at radius 3 is 2.43 bits per heavy atom. The molecule has 0 aromatic heterocycles. The fourth-order valence-corrected chi connectivity index (χ4v) is 1.55. The Morgan fingerprint density at radius 2 is 1.93 bits per heavy atom. The Hall–Kier alpha value is -0.860. The van der Waals surface area contributed by atoms with Crippen molar-refractivity contribution in [1.82, 2.24) is 0 Å². The second-order valence-electron chi connectivity index (χ2n) is 3.42. The Morgan fingerprint density at radius 1 is 1.29 bits per heavy atom. The van der Waals surface area contributed by atoms with Gasteiger partial charge in [-0.2, -0.15) is 0 Å². The Balaban J connectivity index is 2.67. The molecule has 0 amide bonds. The predicted molar refractivity (Wildman–Crippen MR) is 57.1 cm³/mol. The number of ether oxygens (including phenoxy) is 1. The van der Waals surface area contributed by atoms with Gasteiger partial charge in [0.25, 0.3) is 0 Å². The van der Waals surface area contributed by atoms with Crippen molar-refractivity contribution in [2.75, 3.05) is 7.11 Å². The average Bonchev–Trinajstić information content (AvgIpc) is 2.26. The molecule has 2 atom stereocenters. The third-order valence-electron chi connectivity index (χ3n) is 2.37. The Kier molecular flexibility index (Phi) is 4.63. The van der Waals surface area contributed by atoms with Crippen molar-refractivity contribution < 1.29 is 9.84 Å². The standard InChI is InChI=1S/C12H18O2/c1-3-7-11(14-2)12(13)10-8-5-4-6-9-10/h4-6,8-9,11-13H,3,7H2,1-2H3. The third-order valence-corrected chi connectivity index (χ3v) is 2.37.